The van der Waals surface area contributed by atoms with E-state index >= 15 is 0 Å². The van der Waals surface area contributed by atoms with E-state index in [1.54, 1.807) is 4.57 Å². The fourth-order valence-electron chi connectivity index (χ4n) is 4.46. The number of fused-ring (bicyclic) bond motifs is 1. The maximum absolute atomic E-state index is 13.5. The third-order valence-corrected chi connectivity index (χ3v) is 6.43. The zero-order chi connectivity index (χ0) is 24.4. The number of aryl methyl sites for hydroxylation is 5. The van der Waals surface area contributed by atoms with Crippen LogP contribution in [0.2, 0.25) is 0 Å². The molecule has 2 aromatic heterocycles. The van der Waals surface area contributed by atoms with E-state index in [1.165, 1.54) is 11.1 Å². The molecule has 6 nitrogen and oxygen atoms in total. The predicted molar refractivity (Wildman–Crippen MR) is 137 cm³/mol. The number of amides is 1. The lowest BCUT2D eigenvalue weighted by Gasteiger charge is -2.14. The van der Waals surface area contributed by atoms with Gasteiger partial charge in [0.15, 0.2) is 0 Å². The average molecular weight is 457 g/mol. The van der Waals surface area contributed by atoms with Crippen molar-refractivity contribution in [3.05, 3.63) is 92.4 Å². The van der Waals surface area contributed by atoms with Crippen molar-refractivity contribution in [2.24, 2.45) is 0 Å². The molecule has 0 unspecified atom stereocenters. The van der Waals surface area contributed by atoms with Crippen LogP contribution in [0.5, 0.6) is 0 Å². The molecular formula is C28H32N4O2. The van der Waals surface area contributed by atoms with E-state index < -0.39 is 0 Å². The van der Waals surface area contributed by atoms with Gasteiger partial charge in [-0.15, -0.1) is 0 Å². The molecule has 176 valence electrons. The lowest BCUT2D eigenvalue weighted by atomic mass is 10.0. The van der Waals surface area contributed by atoms with Crippen LogP contribution in [0.15, 0.2) is 53.3 Å². The van der Waals surface area contributed by atoms with Crippen LogP contribution >= 0.6 is 0 Å². The van der Waals surface area contributed by atoms with Gasteiger partial charge in [-0.1, -0.05) is 47.5 Å². The van der Waals surface area contributed by atoms with Crippen molar-refractivity contribution < 1.29 is 4.79 Å². The summed E-state index contributed by atoms with van der Waals surface area (Å²) in [7, 11) is 0. The molecule has 0 saturated carbocycles. The van der Waals surface area contributed by atoms with Crippen molar-refractivity contribution in [1.29, 1.82) is 0 Å². The fraction of sp³-hybridized carbons (Fsp3) is 0.321. The van der Waals surface area contributed by atoms with Gasteiger partial charge in [0.05, 0.1) is 11.4 Å². The molecule has 4 rings (SSSR count). The maximum atomic E-state index is 13.5. The minimum absolute atomic E-state index is 0.0490. The molecule has 1 amide bonds. The number of pyridine rings is 1. The Balaban J connectivity index is 1.63. The predicted octanol–water partition coefficient (Wildman–Crippen LogP) is 4.69. The van der Waals surface area contributed by atoms with Crippen LogP contribution in [-0.4, -0.2) is 20.3 Å². The maximum Gasteiger partial charge on any atom is 0.255 e. The topological polar surface area (TPSA) is 68.9 Å². The molecular weight excluding hydrogens is 424 g/mol. The van der Waals surface area contributed by atoms with Crippen LogP contribution in [0.3, 0.4) is 0 Å². The Bertz CT molecular complexity index is 1390. The number of benzene rings is 2. The molecule has 2 aromatic carbocycles. The first-order valence-corrected chi connectivity index (χ1v) is 11.8. The molecule has 0 saturated heterocycles. The highest BCUT2D eigenvalue weighted by Crippen LogP contribution is 2.26. The van der Waals surface area contributed by atoms with E-state index in [9.17, 15) is 9.59 Å². The molecule has 0 fully saturated rings. The summed E-state index contributed by atoms with van der Waals surface area (Å²) >= 11 is 0. The van der Waals surface area contributed by atoms with Crippen molar-refractivity contribution in [1.82, 2.24) is 19.7 Å². The third-order valence-electron chi connectivity index (χ3n) is 6.43. The van der Waals surface area contributed by atoms with Gasteiger partial charge >= 0.3 is 0 Å². The van der Waals surface area contributed by atoms with E-state index in [0.717, 1.165) is 33.5 Å². The molecule has 34 heavy (non-hydrogen) atoms. The lowest BCUT2D eigenvalue weighted by molar-refractivity contribution is -0.121. The number of hydrogen-bond acceptors (Lipinski definition) is 3. The van der Waals surface area contributed by atoms with Crippen LogP contribution in [0.1, 0.15) is 46.9 Å². The first-order valence-electron chi connectivity index (χ1n) is 11.8. The molecule has 0 radical (unpaired) electrons. The molecule has 0 spiro atoms. The largest absolute Gasteiger partial charge is 0.352 e. The number of hydrogen-bond donors (Lipinski definition) is 1. The normalized spacial score (nSPS) is 11.2. The quantitative estimate of drug-likeness (QED) is 0.439. The molecule has 6 heteroatoms. The van der Waals surface area contributed by atoms with E-state index in [2.05, 4.69) is 5.32 Å². The summed E-state index contributed by atoms with van der Waals surface area (Å²) in [4.78, 5) is 26.0. The number of aromatic nitrogens is 3. The van der Waals surface area contributed by atoms with Crippen LogP contribution in [0, 0.1) is 27.7 Å². The summed E-state index contributed by atoms with van der Waals surface area (Å²) in [6.07, 6.45) is 0.664. The zero-order valence-corrected chi connectivity index (χ0v) is 20.6. The molecule has 0 aliphatic heterocycles. The van der Waals surface area contributed by atoms with Gasteiger partial charge in [0, 0.05) is 30.5 Å². The van der Waals surface area contributed by atoms with E-state index in [4.69, 9.17) is 5.10 Å². The molecule has 0 atom stereocenters. The summed E-state index contributed by atoms with van der Waals surface area (Å²) in [6.45, 7) is 11.0. The number of rotatable bonds is 7. The highest BCUT2D eigenvalue weighted by molar-refractivity contribution is 5.85. The second-order valence-electron chi connectivity index (χ2n) is 8.95. The number of carbonyl (C=O) groups is 1. The average Bonchev–Trinajstić information content (AvgIpc) is 3.16. The first-order chi connectivity index (χ1) is 16.3. The SMILES string of the molecule is CCn1c(=O)c(CCC(=O)NCc2ccc(C)cc2)c(C)c2c(C)nn(-c3ccc(C)cc3)c21. The Labute approximate surface area is 200 Å². The summed E-state index contributed by atoms with van der Waals surface area (Å²) < 4.78 is 3.64. The van der Waals surface area contributed by atoms with Crippen molar-refractivity contribution >= 4 is 16.9 Å². The minimum Gasteiger partial charge on any atom is -0.352 e. The van der Waals surface area contributed by atoms with Crippen molar-refractivity contribution in [3.63, 3.8) is 0 Å². The number of nitrogens with one attached hydrogen (secondary N) is 1. The van der Waals surface area contributed by atoms with Gasteiger partial charge in [-0.25, -0.2) is 4.68 Å². The molecule has 2 heterocycles. The minimum atomic E-state index is -0.0606. The van der Waals surface area contributed by atoms with Crippen LogP contribution < -0.4 is 10.9 Å². The van der Waals surface area contributed by atoms with Crippen LogP contribution in [0.4, 0.5) is 0 Å². The molecule has 0 aliphatic rings. The zero-order valence-electron chi connectivity index (χ0n) is 20.6. The van der Waals surface area contributed by atoms with Crippen LogP contribution in [-0.2, 0) is 24.3 Å². The summed E-state index contributed by atoms with van der Waals surface area (Å²) in [5.74, 6) is -0.0606. The third kappa shape index (κ3) is 4.53. The van der Waals surface area contributed by atoms with Crippen molar-refractivity contribution in [2.75, 3.05) is 0 Å². The Morgan fingerprint density at radius 1 is 0.941 bits per heavy atom. The van der Waals surface area contributed by atoms with Gasteiger partial charge in [0.2, 0.25) is 5.91 Å². The van der Waals surface area contributed by atoms with Crippen molar-refractivity contribution in [3.8, 4) is 5.69 Å². The monoisotopic (exact) mass is 456 g/mol. The lowest BCUT2D eigenvalue weighted by Crippen LogP contribution is -2.28. The number of carbonyl (C=O) groups excluding carboxylic acids is 1. The summed E-state index contributed by atoms with van der Waals surface area (Å²) in [6, 6.07) is 16.2. The highest BCUT2D eigenvalue weighted by atomic mass is 16.1. The molecule has 0 bridgehead atoms. The van der Waals surface area contributed by atoms with Gasteiger partial charge < -0.3 is 5.32 Å². The summed E-state index contributed by atoms with van der Waals surface area (Å²) in [5.41, 5.74) is 7.57. The second kappa shape index (κ2) is 9.67. The smallest absolute Gasteiger partial charge is 0.255 e. The molecule has 0 aliphatic carbocycles. The number of nitrogens with zero attached hydrogens (tertiary/aromatic N) is 3. The fourth-order valence-corrected chi connectivity index (χ4v) is 4.46. The first kappa shape index (κ1) is 23.5. The Morgan fingerprint density at radius 2 is 1.56 bits per heavy atom. The van der Waals surface area contributed by atoms with Gasteiger partial charge in [-0.3, -0.25) is 14.2 Å². The van der Waals surface area contributed by atoms with Gasteiger partial charge in [0.25, 0.3) is 5.56 Å². The Hall–Kier alpha value is -3.67. The standard InChI is InChI=1S/C28H32N4O2/c1-6-31-27-26(21(5)30-32(27)23-13-9-19(3)10-14-23)20(4)24(28(31)34)15-16-25(33)29-17-22-11-7-18(2)8-12-22/h7-14H,6,15-17H2,1-5H3,(H,29,33). The Morgan fingerprint density at radius 3 is 2.18 bits per heavy atom. The molecule has 1 N–H and O–H groups in total. The van der Waals surface area contributed by atoms with E-state index in [-0.39, 0.29) is 17.9 Å². The Kier molecular flexibility index (Phi) is 6.68. The molecule has 4 aromatic rings. The summed E-state index contributed by atoms with van der Waals surface area (Å²) in [5, 5.41) is 8.74. The van der Waals surface area contributed by atoms with E-state index in [1.807, 2.05) is 87.8 Å². The van der Waals surface area contributed by atoms with Gasteiger partial charge in [0.1, 0.15) is 5.65 Å². The van der Waals surface area contributed by atoms with Crippen LogP contribution in [0.25, 0.3) is 16.7 Å². The van der Waals surface area contributed by atoms with Gasteiger partial charge in [-0.2, -0.15) is 5.10 Å². The van der Waals surface area contributed by atoms with E-state index in [0.29, 0.717) is 25.1 Å². The second-order valence-corrected chi connectivity index (χ2v) is 8.95. The van der Waals surface area contributed by atoms with Crippen molar-refractivity contribution in [2.45, 2.75) is 60.5 Å². The van der Waals surface area contributed by atoms with Gasteiger partial charge in [-0.05, 0) is 64.3 Å². The highest BCUT2D eigenvalue weighted by Gasteiger charge is 2.21.